The van der Waals surface area contributed by atoms with Gasteiger partial charge in [0.25, 0.3) is 0 Å². The zero-order valence-electron chi connectivity index (χ0n) is 15.9. The van der Waals surface area contributed by atoms with Crippen molar-refractivity contribution in [1.29, 1.82) is 0 Å². The van der Waals surface area contributed by atoms with Gasteiger partial charge in [-0.3, -0.25) is 9.59 Å². The van der Waals surface area contributed by atoms with Crippen LogP contribution in [0.2, 0.25) is 0 Å². The third kappa shape index (κ3) is 2.34. The minimum absolute atomic E-state index is 0.0928. The van der Waals surface area contributed by atoms with Crippen LogP contribution in [0.4, 0.5) is 0 Å². The molecular formula is C22H32O3. The maximum Gasteiger partial charge on any atom is 0.155 e. The van der Waals surface area contributed by atoms with Gasteiger partial charge in [0.15, 0.2) is 5.78 Å². The molecule has 7 atom stereocenters. The van der Waals surface area contributed by atoms with Gasteiger partial charge in [-0.2, -0.15) is 0 Å². The second-order valence-electron chi connectivity index (χ2n) is 9.61. The van der Waals surface area contributed by atoms with Crippen LogP contribution in [0.25, 0.3) is 0 Å². The van der Waals surface area contributed by atoms with E-state index in [0.717, 1.165) is 44.9 Å². The summed E-state index contributed by atoms with van der Waals surface area (Å²) < 4.78 is 0. The summed E-state index contributed by atoms with van der Waals surface area (Å²) in [5.41, 5.74) is 1.21. The zero-order chi connectivity index (χ0) is 18.0. The van der Waals surface area contributed by atoms with E-state index in [4.69, 9.17) is 0 Å². The molecule has 0 aromatic carbocycles. The van der Waals surface area contributed by atoms with Gasteiger partial charge in [-0.25, -0.2) is 0 Å². The molecule has 3 fully saturated rings. The number of fused-ring (bicyclic) bond motifs is 5. The summed E-state index contributed by atoms with van der Waals surface area (Å²) >= 11 is 0. The van der Waals surface area contributed by atoms with Crippen molar-refractivity contribution in [3.05, 3.63) is 11.6 Å². The van der Waals surface area contributed by atoms with Crippen molar-refractivity contribution in [3.63, 3.8) is 0 Å². The Hall–Kier alpha value is -0.960. The molecule has 0 aromatic heterocycles. The van der Waals surface area contributed by atoms with Gasteiger partial charge in [-0.1, -0.05) is 26.3 Å². The molecule has 0 aromatic rings. The molecule has 4 aliphatic carbocycles. The number of allylic oxidation sites excluding steroid dienone is 1. The normalized spacial score (nSPS) is 47.6. The molecule has 138 valence electrons. The molecule has 3 heteroatoms. The summed E-state index contributed by atoms with van der Waals surface area (Å²) in [5, 5.41) is 10.8. The lowest BCUT2D eigenvalue weighted by molar-refractivity contribution is -0.139. The lowest BCUT2D eigenvalue weighted by Gasteiger charge is -2.60. The van der Waals surface area contributed by atoms with E-state index in [9.17, 15) is 14.7 Å². The second kappa shape index (κ2) is 5.77. The molecule has 0 aliphatic heterocycles. The number of rotatable bonds is 2. The van der Waals surface area contributed by atoms with Crippen LogP contribution < -0.4 is 0 Å². The smallest absolute Gasteiger partial charge is 0.155 e. The maximum absolute atomic E-state index is 12.6. The van der Waals surface area contributed by atoms with Gasteiger partial charge in [-0.15, -0.1) is 0 Å². The van der Waals surface area contributed by atoms with Crippen molar-refractivity contribution >= 4 is 11.6 Å². The van der Waals surface area contributed by atoms with Crippen molar-refractivity contribution in [2.24, 2.45) is 34.5 Å². The van der Waals surface area contributed by atoms with Gasteiger partial charge in [-0.05, 0) is 73.7 Å². The molecule has 0 radical (unpaired) electrons. The zero-order valence-corrected chi connectivity index (χ0v) is 15.9. The minimum atomic E-state index is -0.326. The number of carbonyl (C=O) groups excluding carboxylic acids is 2. The van der Waals surface area contributed by atoms with Crippen LogP contribution in [-0.2, 0) is 9.59 Å². The van der Waals surface area contributed by atoms with E-state index in [2.05, 4.69) is 20.8 Å². The van der Waals surface area contributed by atoms with Crippen LogP contribution in [0, 0.1) is 34.5 Å². The third-order valence-corrected chi connectivity index (χ3v) is 8.68. The van der Waals surface area contributed by atoms with E-state index < -0.39 is 0 Å². The first-order chi connectivity index (χ1) is 11.8. The minimum Gasteiger partial charge on any atom is -0.393 e. The Morgan fingerprint density at radius 1 is 1.12 bits per heavy atom. The van der Waals surface area contributed by atoms with Crippen molar-refractivity contribution in [2.75, 3.05) is 0 Å². The highest BCUT2D eigenvalue weighted by Gasteiger charge is 2.61. The van der Waals surface area contributed by atoms with E-state index in [1.807, 2.05) is 6.08 Å². The van der Waals surface area contributed by atoms with E-state index in [1.54, 1.807) is 0 Å². The number of aliphatic hydroxyl groups excluding tert-OH is 1. The van der Waals surface area contributed by atoms with Crippen LogP contribution in [0.1, 0.15) is 72.1 Å². The fourth-order valence-corrected chi connectivity index (χ4v) is 7.08. The fraction of sp³-hybridized carbons (Fsp3) is 0.818. The molecule has 0 heterocycles. The number of aliphatic hydroxyl groups is 1. The van der Waals surface area contributed by atoms with Crippen molar-refractivity contribution in [1.82, 2.24) is 0 Å². The predicted octanol–water partition coefficient (Wildman–Crippen LogP) is 4.08. The predicted molar refractivity (Wildman–Crippen MR) is 96.9 cm³/mol. The van der Waals surface area contributed by atoms with Crippen LogP contribution in [0.15, 0.2) is 11.6 Å². The van der Waals surface area contributed by atoms with E-state index in [1.165, 1.54) is 5.57 Å². The Kier molecular flexibility index (Phi) is 4.03. The SMILES string of the molecule is CCC(O)C1CC2=CC(=O)CC[C@]2(C)[C@H]2CC[C@]3(C)C(=O)CC[C@H]3[C@H]12. The molecule has 3 saturated carbocycles. The van der Waals surface area contributed by atoms with Gasteiger partial charge >= 0.3 is 0 Å². The van der Waals surface area contributed by atoms with Gasteiger partial charge in [0.05, 0.1) is 6.10 Å². The summed E-state index contributed by atoms with van der Waals surface area (Å²) in [6.45, 7) is 6.60. The van der Waals surface area contributed by atoms with Crippen LogP contribution in [-0.4, -0.2) is 22.8 Å². The monoisotopic (exact) mass is 344 g/mol. The first-order valence-electron chi connectivity index (χ1n) is 10.3. The van der Waals surface area contributed by atoms with Crippen LogP contribution in [0.3, 0.4) is 0 Å². The number of hydrogen-bond donors (Lipinski definition) is 1. The average Bonchev–Trinajstić information content (AvgIpc) is 2.89. The van der Waals surface area contributed by atoms with Gasteiger partial charge in [0, 0.05) is 18.3 Å². The highest BCUT2D eigenvalue weighted by molar-refractivity contribution is 5.91. The van der Waals surface area contributed by atoms with Gasteiger partial charge in [0.1, 0.15) is 5.78 Å². The van der Waals surface area contributed by atoms with Gasteiger partial charge in [0.2, 0.25) is 0 Å². The molecule has 1 N–H and O–H groups in total. The first kappa shape index (κ1) is 17.5. The highest BCUT2D eigenvalue weighted by Crippen LogP contribution is 2.66. The number of Topliss-reactive ketones (excluding diaryl/α,β-unsaturated/α-hetero) is 1. The Balaban J connectivity index is 1.79. The lowest BCUT2D eigenvalue weighted by atomic mass is 9.44. The molecule has 0 saturated heterocycles. The molecule has 2 unspecified atom stereocenters. The standard InChI is InChI=1S/C22H32O3/c1-4-18(24)15-12-13-11-14(23)7-9-21(13,2)17-8-10-22(3)16(20(15)17)5-6-19(22)25/h11,15-18,20,24H,4-10,12H2,1-3H3/t15?,16-,17-,18?,20-,21-,22-/m0/s1. The number of carbonyl (C=O) groups is 2. The maximum atomic E-state index is 12.6. The van der Waals surface area contributed by atoms with Crippen molar-refractivity contribution in [2.45, 2.75) is 78.2 Å². The first-order valence-corrected chi connectivity index (χ1v) is 10.3. The summed E-state index contributed by atoms with van der Waals surface area (Å²) in [5.74, 6) is 2.27. The van der Waals surface area contributed by atoms with E-state index >= 15 is 0 Å². The molecule has 0 amide bonds. The van der Waals surface area contributed by atoms with Crippen molar-refractivity contribution < 1.29 is 14.7 Å². The summed E-state index contributed by atoms with van der Waals surface area (Å²) in [7, 11) is 0. The van der Waals surface area contributed by atoms with E-state index in [0.29, 0.717) is 30.0 Å². The Morgan fingerprint density at radius 2 is 1.84 bits per heavy atom. The fourth-order valence-electron chi connectivity index (χ4n) is 7.08. The molecule has 4 aliphatic rings. The van der Waals surface area contributed by atoms with E-state index in [-0.39, 0.29) is 28.6 Å². The molecule has 25 heavy (non-hydrogen) atoms. The molecule has 4 rings (SSSR count). The lowest BCUT2D eigenvalue weighted by Crippen LogP contribution is -2.55. The topological polar surface area (TPSA) is 54.4 Å². The summed E-state index contributed by atoms with van der Waals surface area (Å²) in [4.78, 5) is 24.7. The average molecular weight is 344 g/mol. The Bertz CT molecular complexity index is 635. The number of hydrogen-bond acceptors (Lipinski definition) is 3. The van der Waals surface area contributed by atoms with Gasteiger partial charge < -0.3 is 5.11 Å². The molecule has 0 spiro atoms. The largest absolute Gasteiger partial charge is 0.393 e. The van der Waals surface area contributed by atoms with Crippen LogP contribution >= 0.6 is 0 Å². The third-order valence-electron chi connectivity index (χ3n) is 8.68. The van der Waals surface area contributed by atoms with Crippen molar-refractivity contribution in [3.8, 4) is 0 Å². The quantitative estimate of drug-likeness (QED) is 0.821. The summed E-state index contributed by atoms with van der Waals surface area (Å²) in [6, 6.07) is 0. The summed E-state index contributed by atoms with van der Waals surface area (Å²) in [6.07, 6.45) is 8.56. The number of ketones is 2. The molecule has 0 bridgehead atoms. The second-order valence-corrected chi connectivity index (χ2v) is 9.61. The molecular weight excluding hydrogens is 312 g/mol. The van der Waals surface area contributed by atoms with Crippen LogP contribution in [0.5, 0.6) is 0 Å². The molecule has 3 nitrogen and oxygen atoms in total. The Labute approximate surface area is 151 Å². The highest BCUT2D eigenvalue weighted by atomic mass is 16.3. The Morgan fingerprint density at radius 3 is 2.56 bits per heavy atom.